The molecule has 0 radical (unpaired) electrons. The molecule has 0 aromatic carbocycles. The second-order valence-electron chi connectivity index (χ2n) is 5.15. The molecular formula is C8H19NSi2. The molecule has 2 heterocycles. The van der Waals surface area contributed by atoms with Crippen molar-refractivity contribution in [2.75, 3.05) is 0 Å². The van der Waals surface area contributed by atoms with Crippen LogP contribution in [0.1, 0.15) is 27.7 Å². The van der Waals surface area contributed by atoms with Gasteiger partial charge in [-0.1, -0.05) is 33.2 Å². The Morgan fingerprint density at radius 2 is 1.64 bits per heavy atom. The first-order valence-corrected chi connectivity index (χ1v) is 9.98. The molecule has 3 heteroatoms. The summed E-state index contributed by atoms with van der Waals surface area (Å²) in [5.41, 5.74) is 8.85. The lowest BCUT2D eigenvalue weighted by molar-refractivity contribution is 0.775. The molecule has 5 atom stereocenters. The van der Waals surface area contributed by atoms with Gasteiger partial charge in [0.1, 0.15) is 0 Å². The largest absolute Gasteiger partial charge is 0.331 e. The minimum Gasteiger partial charge on any atom is -0.331 e. The maximum Gasteiger partial charge on any atom is 0.0524 e. The first kappa shape index (κ1) is 8.01. The smallest absolute Gasteiger partial charge is 0.0524 e. The Hall–Kier alpha value is 0.394. The molecular weight excluding hydrogens is 166 g/mol. The fourth-order valence-corrected chi connectivity index (χ4v) is 22.6. The summed E-state index contributed by atoms with van der Waals surface area (Å²) in [6.07, 6.45) is 0. The van der Waals surface area contributed by atoms with Gasteiger partial charge >= 0.3 is 0 Å². The van der Waals surface area contributed by atoms with Crippen molar-refractivity contribution in [1.29, 1.82) is 0 Å². The normalized spacial score (nSPS) is 59.2. The average Bonchev–Trinajstić information content (AvgIpc) is 2.59. The third kappa shape index (κ3) is 0.908. The van der Waals surface area contributed by atoms with Gasteiger partial charge in [-0.2, -0.15) is 0 Å². The molecule has 0 bridgehead atoms. The van der Waals surface area contributed by atoms with E-state index < -0.39 is 0 Å². The van der Waals surface area contributed by atoms with Gasteiger partial charge < -0.3 is 5.73 Å². The number of rotatable bonds is 1. The molecule has 2 aliphatic rings. The third-order valence-corrected chi connectivity index (χ3v) is 21.6. The summed E-state index contributed by atoms with van der Waals surface area (Å²) in [6, 6.07) is 0. The van der Waals surface area contributed by atoms with Crippen molar-refractivity contribution in [3.63, 3.8) is 0 Å². The Morgan fingerprint density at radius 3 is 1.73 bits per heavy atom. The highest BCUT2D eigenvalue weighted by molar-refractivity contribution is 7.35. The van der Waals surface area contributed by atoms with Crippen LogP contribution in [0.3, 0.4) is 0 Å². The van der Waals surface area contributed by atoms with Crippen molar-refractivity contribution in [3.8, 4) is 0 Å². The van der Waals surface area contributed by atoms with Crippen LogP contribution < -0.4 is 5.73 Å². The van der Waals surface area contributed by atoms with Gasteiger partial charge in [-0.25, -0.2) is 0 Å². The van der Waals surface area contributed by atoms with Crippen LogP contribution in [0, 0.1) is 0 Å². The summed E-state index contributed by atoms with van der Waals surface area (Å²) >= 11 is 0. The van der Waals surface area contributed by atoms with Crippen LogP contribution in [0.2, 0.25) is 16.1 Å². The van der Waals surface area contributed by atoms with Gasteiger partial charge in [0.05, 0.1) is 8.31 Å². The van der Waals surface area contributed by atoms with Gasteiger partial charge in [-0.3, -0.25) is 0 Å². The predicted octanol–water partition coefficient (Wildman–Crippen LogP) is 0.973. The molecule has 0 saturated carbocycles. The number of nitrogens with two attached hydrogens (primary N) is 1. The summed E-state index contributed by atoms with van der Waals surface area (Å²) in [7, 11) is -0.625. The number of hydrogen-bond acceptors (Lipinski definition) is 1. The summed E-state index contributed by atoms with van der Waals surface area (Å²) in [6.45, 7) is 9.79. The predicted molar refractivity (Wildman–Crippen MR) is 55.2 cm³/mol. The summed E-state index contributed by atoms with van der Waals surface area (Å²) in [4.78, 5) is 0. The minimum atomic E-state index is -0.337. The molecule has 5 unspecified atom stereocenters. The van der Waals surface area contributed by atoms with Crippen molar-refractivity contribution in [2.24, 2.45) is 5.73 Å². The Labute approximate surface area is 72.4 Å². The summed E-state index contributed by atoms with van der Waals surface area (Å²) in [5.74, 6) is 0. The molecule has 2 aliphatic heterocycles. The Kier molecular flexibility index (Phi) is 1.46. The van der Waals surface area contributed by atoms with E-state index >= 15 is 0 Å². The Balaban J connectivity index is 2.02. The van der Waals surface area contributed by atoms with Crippen molar-refractivity contribution in [3.05, 3.63) is 0 Å². The van der Waals surface area contributed by atoms with Crippen molar-refractivity contribution < 1.29 is 0 Å². The molecule has 0 amide bonds. The highest BCUT2D eigenvalue weighted by Gasteiger charge is 2.67. The Bertz CT molecular complexity index is 185. The van der Waals surface area contributed by atoms with E-state index in [0.29, 0.717) is 0 Å². The monoisotopic (exact) mass is 185 g/mol. The van der Waals surface area contributed by atoms with Crippen molar-refractivity contribution in [1.82, 2.24) is 0 Å². The summed E-state index contributed by atoms with van der Waals surface area (Å²) in [5, 5.41) is 0.791. The molecule has 11 heavy (non-hydrogen) atoms. The summed E-state index contributed by atoms with van der Waals surface area (Å²) < 4.78 is 0. The average molecular weight is 185 g/mol. The van der Waals surface area contributed by atoms with E-state index in [1.807, 2.05) is 0 Å². The standard InChI is InChI=1S/C8H19NSi2/c1-5-7(9)10(5)11-6(2)8(11,3)4/h5-7,10-11H,9H2,1-4H3. The van der Waals surface area contributed by atoms with E-state index in [4.69, 9.17) is 5.73 Å². The molecule has 0 aromatic heterocycles. The second kappa shape index (κ2) is 2.00. The molecule has 1 nitrogen and oxygen atoms in total. The van der Waals surface area contributed by atoms with Crippen LogP contribution in [0.4, 0.5) is 0 Å². The van der Waals surface area contributed by atoms with E-state index in [1.54, 1.807) is 0 Å². The molecule has 0 spiro atoms. The third-order valence-electron chi connectivity index (χ3n) is 4.39. The van der Waals surface area contributed by atoms with Crippen LogP contribution in [0.25, 0.3) is 0 Å². The molecule has 2 rings (SSSR count). The van der Waals surface area contributed by atoms with E-state index in [2.05, 4.69) is 27.7 Å². The van der Waals surface area contributed by atoms with E-state index in [1.165, 1.54) is 0 Å². The molecule has 0 aliphatic carbocycles. The Morgan fingerprint density at radius 1 is 1.27 bits per heavy atom. The lowest BCUT2D eigenvalue weighted by Gasteiger charge is -1.98. The van der Waals surface area contributed by atoms with Crippen LogP contribution >= 0.6 is 0 Å². The van der Waals surface area contributed by atoms with Crippen LogP contribution in [0.5, 0.6) is 0 Å². The van der Waals surface area contributed by atoms with Crippen molar-refractivity contribution in [2.45, 2.75) is 49.5 Å². The quantitative estimate of drug-likeness (QED) is 0.606. The zero-order valence-corrected chi connectivity index (χ0v) is 10.3. The minimum absolute atomic E-state index is 0.288. The highest BCUT2D eigenvalue weighted by atomic mass is 29.2. The van der Waals surface area contributed by atoms with Crippen LogP contribution in [-0.2, 0) is 0 Å². The SMILES string of the molecule is CC1C(N)[SiH]1[SiH]1C(C)C1(C)C. The van der Waals surface area contributed by atoms with E-state index in [-0.39, 0.29) is 16.6 Å². The molecule has 2 fully saturated rings. The van der Waals surface area contributed by atoms with Gasteiger partial charge in [0.15, 0.2) is 0 Å². The van der Waals surface area contributed by atoms with Gasteiger partial charge in [0.25, 0.3) is 0 Å². The molecule has 2 N–H and O–H groups in total. The van der Waals surface area contributed by atoms with Crippen molar-refractivity contribution >= 4 is 16.6 Å². The van der Waals surface area contributed by atoms with Crippen LogP contribution in [-0.4, -0.2) is 22.3 Å². The van der Waals surface area contributed by atoms with Gasteiger partial charge in [-0.05, 0) is 16.2 Å². The fraction of sp³-hybridized carbons (Fsp3) is 1.00. The first-order valence-electron chi connectivity index (χ1n) is 4.73. The van der Waals surface area contributed by atoms with E-state index in [0.717, 1.165) is 21.8 Å². The van der Waals surface area contributed by atoms with E-state index in [9.17, 15) is 0 Å². The topological polar surface area (TPSA) is 26.0 Å². The zero-order chi connectivity index (χ0) is 8.39. The molecule has 2 saturated heterocycles. The van der Waals surface area contributed by atoms with Crippen LogP contribution in [0.15, 0.2) is 0 Å². The lowest BCUT2D eigenvalue weighted by Crippen LogP contribution is -2.20. The fourth-order valence-electron chi connectivity index (χ4n) is 2.86. The van der Waals surface area contributed by atoms with Gasteiger partial charge in [-0.15, -0.1) is 0 Å². The molecule has 0 aromatic rings. The maximum atomic E-state index is 6.03. The van der Waals surface area contributed by atoms with Gasteiger partial charge in [0.2, 0.25) is 0 Å². The second-order valence-corrected chi connectivity index (χ2v) is 16.1. The first-order chi connectivity index (χ1) is 4.98. The van der Waals surface area contributed by atoms with Gasteiger partial charge in [0, 0.05) is 8.31 Å². The lowest BCUT2D eigenvalue weighted by atomic mass is 10.2. The number of hydrogen-bond donors (Lipinski definition) is 1. The maximum absolute atomic E-state index is 6.03. The highest BCUT2D eigenvalue weighted by Crippen LogP contribution is 2.67. The molecule has 64 valence electrons. The zero-order valence-electron chi connectivity index (χ0n) is 7.96.